The van der Waals surface area contributed by atoms with Crippen LogP contribution in [0.1, 0.15) is 59.1 Å². The molecule has 2 aromatic carbocycles. The predicted molar refractivity (Wildman–Crippen MR) is 103 cm³/mol. The summed E-state index contributed by atoms with van der Waals surface area (Å²) in [4.78, 5) is 10.5. The van der Waals surface area contributed by atoms with Crippen LogP contribution in [0.3, 0.4) is 0 Å². The Morgan fingerprint density at radius 2 is 1.81 bits per heavy atom. The minimum absolute atomic E-state index is 0.609. The van der Waals surface area contributed by atoms with E-state index in [4.69, 9.17) is 9.84 Å². The average molecular weight is 348 g/mol. The highest BCUT2D eigenvalue weighted by Crippen LogP contribution is 2.42. The van der Waals surface area contributed by atoms with Crippen molar-refractivity contribution in [3.63, 3.8) is 0 Å². The van der Waals surface area contributed by atoms with Crippen molar-refractivity contribution in [2.75, 3.05) is 0 Å². The monoisotopic (exact) mass is 348 g/mol. The van der Waals surface area contributed by atoms with Crippen LogP contribution in [-0.2, 0) is 11.2 Å². The van der Waals surface area contributed by atoms with Gasteiger partial charge in [-0.25, -0.2) is 4.79 Å². The Hall–Kier alpha value is -2.73. The Kier molecular flexibility index (Phi) is 5.04. The van der Waals surface area contributed by atoms with Gasteiger partial charge in [-0.3, -0.25) is 0 Å². The van der Waals surface area contributed by atoms with Crippen LogP contribution in [0.5, 0.6) is 11.5 Å². The van der Waals surface area contributed by atoms with E-state index < -0.39 is 5.97 Å². The highest BCUT2D eigenvalue weighted by molar-refractivity contribution is 5.87. The molecule has 0 heterocycles. The summed E-state index contributed by atoms with van der Waals surface area (Å²) in [5.41, 5.74) is 7.40. The second-order valence-corrected chi connectivity index (χ2v) is 7.07. The highest BCUT2D eigenvalue weighted by Gasteiger charge is 2.24. The number of carboxylic acids is 1. The van der Waals surface area contributed by atoms with Crippen LogP contribution in [0.2, 0.25) is 0 Å². The predicted octanol–water partition coefficient (Wildman–Crippen LogP) is 5.28. The van der Waals surface area contributed by atoms with E-state index in [0.717, 1.165) is 17.9 Å². The third-order valence-electron chi connectivity index (χ3n) is 5.37. The number of aliphatic carboxylic acids is 1. The summed E-state index contributed by atoms with van der Waals surface area (Å²) in [5, 5.41) is 8.63. The Morgan fingerprint density at radius 3 is 2.46 bits per heavy atom. The molecule has 0 aliphatic heterocycles. The highest BCUT2D eigenvalue weighted by atomic mass is 16.5. The number of hydrogen-bond donors (Lipinski definition) is 1. The van der Waals surface area contributed by atoms with Crippen molar-refractivity contribution >= 4 is 5.97 Å². The van der Waals surface area contributed by atoms with Crippen molar-refractivity contribution in [1.29, 1.82) is 0 Å². The van der Waals surface area contributed by atoms with Crippen LogP contribution in [0, 0.1) is 32.6 Å². The van der Waals surface area contributed by atoms with Gasteiger partial charge >= 0.3 is 5.97 Å². The summed E-state index contributed by atoms with van der Waals surface area (Å²) in [5.74, 6) is 5.89. The van der Waals surface area contributed by atoms with Gasteiger partial charge in [-0.1, -0.05) is 12.8 Å². The molecule has 134 valence electrons. The minimum atomic E-state index is -1.13. The molecule has 26 heavy (non-hydrogen) atoms. The van der Waals surface area contributed by atoms with Gasteiger partial charge in [0, 0.05) is 11.5 Å². The maximum atomic E-state index is 10.5. The van der Waals surface area contributed by atoms with Crippen molar-refractivity contribution in [3.8, 4) is 23.3 Å². The molecule has 3 nitrogen and oxygen atoms in total. The van der Waals surface area contributed by atoms with Gasteiger partial charge in [0.1, 0.15) is 11.5 Å². The van der Waals surface area contributed by atoms with Gasteiger partial charge in [0.15, 0.2) is 0 Å². The van der Waals surface area contributed by atoms with E-state index in [2.05, 4.69) is 39.5 Å². The molecule has 0 radical (unpaired) electrons. The van der Waals surface area contributed by atoms with Gasteiger partial charge in [0.05, 0.1) is 0 Å². The maximum Gasteiger partial charge on any atom is 0.382 e. The van der Waals surface area contributed by atoms with Crippen molar-refractivity contribution in [1.82, 2.24) is 0 Å². The van der Waals surface area contributed by atoms with Gasteiger partial charge in [-0.15, -0.1) is 0 Å². The minimum Gasteiger partial charge on any atom is -0.472 e. The number of fused-ring (bicyclic) bond motifs is 1. The zero-order valence-electron chi connectivity index (χ0n) is 15.8. The lowest BCUT2D eigenvalue weighted by atomic mass is 9.78. The van der Waals surface area contributed by atoms with E-state index in [0.29, 0.717) is 11.5 Å². The summed E-state index contributed by atoms with van der Waals surface area (Å²) in [6, 6.07) is 7.23. The second-order valence-electron chi connectivity index (χ2n) is 7.07. The lowest BCUT2D eigenvalue weighted by Gasteiger charge is -2.29. The lowest BCUT2D eigenvalue weighted by molar-refractivity contribution is -0.130. The van der Waals surface area contributed by atoms with Crippen LogP contribution in [-0.4, -0.2) is 11.1 Å². The molecule has 0 fully saturated rings. The topological polar surface area (TPSA) is 46.5 Å². The number of hydrogen-bond acceptors (Lipinski definition) is 2. The largest absolute Gasteiger partial charge is 0.472 e. The molecule has 0 bridgehead atoms. The molecule has 0 saturated heterocycles. The molecule has 2 aromatic rings. The van der Waals surface area contributed by atoms with E-state index in [9.17, 15) is 4.79 Å². The molecule has 3 rings (SSSR count). The number of rotatable bonds is 2. The first-order valence-corrected chi connectivity index (χ1v) is 9.04. The fraction of sp³-hybridized carbons (Fsp3) is 0.348. The quantitative estimate of drug-likeness (QED) is 0.751. The van der Waals surface area contributed by atoms with Gasteiger partial charge < -0.3 is 9.84 Å². The number of benzene rings is 2. The Balaban J connectivity index is 1.95. The summed E-state index contributed by atoms with van der Waals surface area (Å²) in [6.45, 7) is 8.81. The molecular weight excluding hydrogens is 324 g/mol. The molecule has 1 unspecified atom stereocenters. The summed E-state index contributed by atoms with van der Waals surface area (Å²) in [6.07, 6.45) is 3.60. The van der Waals surface area contributed by atoms with Crippen molar-refractivity contribution in [2.45, 2.75) is 52.9 Å². The molecule has 0 saturated carbocycles. The number of ether oxygens (including phenoxy) is 1. The third kappa shape index (κ3) is 3.46. The Morgan fingerprint density at radius 1 is 1.12 bits per heavy atom. The van der Waals surface area contributed by atoms with Gasteiger partial charge in [0.2, 0.25) is 0 Å². The van der Waals surface area contributed by atoms with Crippen LogP contribution in [0.25, 0.3) is 0 Å². The van der Waals surface area contributed by atoms with Gasteiger partial charge in [-0.05, 0) is 98.0 Å². The summed E-state index contributed by atoms with van der Waals surface area (Å²) < 4.78 is 6.24. The Labute approximate surface area is 155 Å². The normalized spacial score (nSPS) is 15.6. The molecule has 1 atom stereocenters. The van der Waals surface area contributed by atoms with E-state index >= 15 is 0 Å². The first-order valence-electron chi connectivity index (χ1n) is 9.04. The van der Waals surface area contributed by atoms with Crippen molar-refractivity contribution in [2.24, 2.45) is 0 Å². The molecule has 1 aliphatic rings. The van der Waals surface area contributed by atoms with Gasteiger partial charge in [-0.2, -0.15) is 0 Å². The molecule has 0 spiro atoms. The SMILES string of the molecule is Cc1c(C)c2c(c(C)c1Oc1ccc(C#CC(=O)O)cc1)CCCC2C. The molecule has 0 amide bonds. The summed E-state index contributed by atoms with van der Waals surface area (Å²) in [7, 11) is 0. The standard InChI is InChI=1S/C23H24O3/c1-14-6-5-7-20-17(4)23(16(3)15(2)22(14)20)26-19-11-8-18(9-12-19)10-13-21(24)25/h8-9,11-12,14H,5-7H2,1-4H3,(H,24,25). The van der Waals surface area contributed by atoms with Crippen molar-refractivity contribution < 1.29 is 14.6 Å². The average Bonchev–Trinajstić information content (AvgIpc) is 2.62. The van der Waals surface area contributed by atoms with E-state index in [-0.39, 0.29) is 0 Å². The summed E-state index contributed by atoms with van der Waals surface area (Å²) >= 11 is 0. The van der Waals surface area contributed by atoms with Crippen LogP contribution < -0.4 is 4.74 Å². The molecule has 3 heteroatoms. The molecule has 1 aliphatic carbocycles. The number of carboxylic acid groups (broad SMARTS) is 1. The number of carbonyl (C=O) groups is 1. The van der Waals surface area contributed by atoms with Crippen LogP contribution >= 0.6 is 0 Å². The first-order chi connectivity index (χ1) is 12.4. The molecule has 0 aromatic heterocycles. The second kappa shape index (κ2) is 7.25. The first kappa shape index (κ1) is 18.1. The smallest absolute Gasteiger partial charge is 0.382 e. The zero-order valence-corrected chi connectivity index (χ0v) is 15.8. The van der Waals surface area contributed by atoms with Crippen LogP contribution in [0.15, 0.2) is 24.3 Å². The molecular formula is C23H24O3. The fourth-order valence-electron chi connectivity index (χ4n) is 3.94. The van der Waals surface area contributed by atoms with E-state index in [1.54, 1.807) is 12.1 Å². The van der Waals surface area contributed by atoms with E-state index in [1.807, 2.05) is 12.1 Å². The zero-order chi connectivity index (χ0) is 18.8. The fourth-order valence-corrected chi connectivity index (χ4v) is 3.94. The lowest BCUT2D eigenvalue weighted by Crippen LogP contribution is -2.13. The van der Waals surface area contributed by atoms with Gasteiger partial charge in [0.25, 0.3) is 0 Å². The maximum absolute atomic E-state index is 10.5. The van der Waals surface area contributed by atoms with Crippen molar-refractivity contribution in [3.05, 3.63) is 57.6 Å². The van der Waals surface area contributed by atoms with Crippen LogP contribution in [0.4, 0.5) is 0 Å². The van der Waals surface area contributed by atoms with E-state index in [1.165, 1.54) is 40.7 Å². The molecule has 1 N–H and O–H groups in total. The Bertz CT molecular complexity index is 911. The third-order valence-corrected chi connectivity index (χ3v) is 5.37.